The van der Waals surface area contributed by atoms with Crippen molar-refractivity contribution in [2.45, 2.75) is 33.3 Å². The summed E-state index contributed by atoms with van der Waals surface area (Å²) in [4.78, 5) is 15.6. The van der Waals surface area contributed by atoms with Crippen LogP contribution in [0.2, 0.25) is 5.15 Å². The molecule has 0 radical (unpaired) electrons. The number of nitrogens with zero attached hydrogens (tertiary/aromatic N) is 1. The predicted molar refractivity (Wildman–Crippen MR) is 76.5 cm³/mol. The number of carbonyl (C=O) groups is 1. The Morgan fingerprint density at radius 1 is 1.53 bits per heavy atom. The van der Waals surface area contributed by atoms with Crippen molar-refractivity contribution in [3.63, 3.8) is 0 Å². The van der Waals surface area contributed by atoms with E-state index in [0.717, 1.165) is 5.56 Å². The van der Waals surface area contributed by atoms with Crippen LogP contribution in [-0.4, -0.2) is 28.8 Å². The van der Waals surface area contributed by atoms with E-state index in [1.54, 1.807) is 13.0 Å². The van der Waals surface area contributed by atoms with E-state index in [2.05, 4.69) is 15.6 Å². The molecule has 1 aromatic rings. The SMILES string of the molecule is Cc1cc(NC(=O)NCC(C)CC(C)O)cnc1Cl. The molecule has 2 amide bonds. The molecule has 106 valence electrons. The maximum Gasteiger partial charge on any atom is 0.319 e. The van der Waals surface area contributed by atoms with Crippen molar-refractivity contribution < 1.29 is 9.90 Å². The third kappa shape index (κ3) is 5.89. The highest BCUT2D eigenvalue weighted by atomic mass is 35.5. The van der Waals surface area contributed by atoms with Crippen LogP contribution in [0, 0.1) is 12.8 Å². The molecule has 19 heavy (non-hydrogen) atoms. The molecular weight excluding hydrogens is 266 g/mol. The van der Waals surface area contributed by atoms with Gasteiger partial charge in [-0.05, 0) is 37.8 Å². The number of carbonyl (C=O) groups excluding carboxylic acids is 1. The summed E-state index contributed by atoms with van der Waals surface area (Å²) in [5, 5.41) is 15.1. The Bertz CT molecular complexity index is 438. The van der Waals surface area contributed by atoms with Gasteiger partial charge in [0.25, 0.3) is 0 Å². The zero-order valence-corrected chi connectivity index (χ0v) is 12.2. The second-order valence-electron chi connectivity index (χ2n) is 4.86. The minimum atomic E-state index is -0.358. The first-order valence-corrected chi connectivity index (χ1v) is 6.61. The standard InChI is InChI=1S/C13H20ClN3O2/c1-8(4-10(3)18)6-16-13(19)17-11-5-9(2)12(14)15-7-11/h5,7-8,10,18H,4,6H2,1-3H3,(H2,16,17,19). The Kier molecular flexibility index (Phi) is 6.05. The number of urea groups is 1. The minimum absolute atomic E-state index is 0.218. The van der Waals surface area contributed by atoms with E-state index in [9.17, 15) is 9.90 Å². The predicted octanol–water partition coefficient (Wildman–Crippen LogP) is 2.57. The molecule has 0 aromatic carbocycles. The number of halogens is 1. The molecule has 0 spiro atoms. The van der Waals surface area contributed by atoms with E-state index in [4.69, 9.17) is 11.6 Å². The molecule has 0 saturated heterocycles. The summed E-state index contributed by atoms with van der Waals surface area (Å²) in [6.45, 7) is 6.04. The lowest BCUT2D eigenvalue weighted by Crippen LogP contribution is -2.33. The number of aromatic nitrogens is 1. The molecule has 2 atom stereocenters. The Balaban J connectivity index is 2.40. The molecule has 0 fully saturated rings. The van der Waals surface area contributed by atoms with E-state index in [-0.39, 0.29) is 18.1 Å². The molecular formula is C13H20ClN3O2. The minimum Gasteiger partial charge on any atom is -0.393 e. The summed E-state index contributed by atoms with van der Waals surface area (Å²) in [5.41, 5.74) is 1.41. The van der Waals surface area contributed by atoms with Gasteiger partial charge in [-0.2, -0.15) is 0 Å². The molecule has 3 N–H and O–H groups in total. The summed E-state index contributed by atoms with van der Waals surface area (Å²) in [5.74, 6) is 0.218. The molecule has 0 aliphatic heterocycles. The fraction of sp³-hybridized carbons (Fsp3) is 0.538. The van der Waals surface area contributed by atoms with Crippen molar-refractivity contribution >= 4 is 23.3 Å². The van der Waals surface area contributed by atoms with Crippen LogP contribution < -0.4 is 10.6 Å². The number of nitrogens with one attached hydrogen (secondary N) is 2. The van der Waals surface area contributed by atoms with Crippen LogP contribution in [0.1, 0.15) is 25.8 Å². The van der Waals surface area contributed by atoms with Gasteiger partial charge in [-0.15, -0.1) is 0 Å². The summed E-state index contributed by atoms with van der Waals surface area (Å²) in [6, 6.07) is 1.47. The molecule has 0 aliphatic carbocycles. The van der Waals surface area contributed by atoms with Crippen LogP contribution in [0.4, 0.5) is 10.5 Å². The average molecular weight is 286 g/mol. The lowest BCUT2D eigenvalue weighted by molar-refractivity contribution is 0.163. The fourth-order valence-corrected chi connectivity index (χ4v) is 1.84. The van der Waals surface area contributed by atoms with Crippen molar-refractivity contribution in [1.29, 1.82) is 0 Å². The molecule has 0 saturated carbocycles. The Labute approximate surface area is 118 Å². The van der Waals surface area contributed by atoms with Crippen molar-refractivity contribution in [2.75, 3.05) is 11.9 Å². The Hall–Kier alpha value is -1.33. The molecule has 2 unspecified atom stereocenters. The third-order valence-corrected chi connectivity index (χ3v) is 3.02. The lowest BCUT2D eigenvalue weighted by atomic mass is 10.1. The summed E-state index contributed by atoms with van der Waals surface area (Å²) < 4.78 is 0. The van der Waals surface area contributed by atoms with Gasteiger partial charge >= 0.3 is 6.03 Å². The topological polar surface area (TPSA) is 74.2 Å². The summed E-state index contributed by atoms with van der Waals surface area (Å²) >= 11 is 5.81. The van der Waals surface area contributed by atoms with Gasteiger partial charge in [0, 0.05) is 6.54 Å². The van der Waals surface area contributed by atoms with Gasteiger partial charge < -0.3 is 15.7 Å². The average Bonchev–Trinajstić information content (AvgIpc) is 2.30. The fourth-order valence-electron chi connectivity index (χ4n) is 1.73. The largest absolute Gasteiger partial charge is 0.393 e. The van der Waals surface area contributed by atoms with Crippen LogP contribution in [-0.2, 0) is 0 Å². The number of hydrogen-bond acceptors (Lipinski definition) is 3. The Morgan fingerprint density at radius 3 is 2.79 bits per heavy atom. The Morgan fingerprint density at radius 2 is 2.21 bits per heavy atom. The maximum absolute atomic E-state index is 11.7. The van der Waals surface area contributed by atoms with Gasteiger partial charge in [0.15, 0.2) is 0 Å². The van der Waals surface area contributed by atoms with E-state index < -0.39 is 0 Å². The maximum atomic E-state index is 11.7. The van der Waals surface area contributed by atoms with Crippen molar-refractivity contribution in [1.82, 2.24) is 10.3 Å². The van der Waals surface area contributed by atoms with E-state index in [1.165, 1.54) is 6.20 Å². The van der Waals surface area contributed by atoms with E-state index in [1.807, 2.05) is 13.8 Å². The van der Waals surface area contributed by atoms with Crippen LogP contribution in [0.3, 0.4) is 0 Å². The quantitative estimate of drug-likeness (QED) is 0.728. The molecule has 1 rings (SSSR count). The number of anilines is 1. The molecule has 1 heterocycles. The van der Waals surface area contributed by atoms with Gasteiger partial charge in [0.1, 0.15) is 5.15 Å². The molecule has 0 aliphatic rings. The van der Waals surface area contributed by atoms with E-state index >= 15 is 0 Å². The molecule has 6 heteroatoms. The summed E-state index contributed by atoms with van der Waals surface area (Å²) in [6.07, 6.45) is 1.80. The monoisotopic (exact) mass is 285 g/mol. The number of aliphatic hydroxyl groups excluding tert-OH is 1. The normalized spacial score (nSPS) is 13.7. The highest BCUT2D eigenvalue weighted by Gasteiger charge is 2.09. The summed E-state index contributed by atoms with van der Waals surface area (Å²) in [7, 11) is 0. The zero-order chi connectivity index (χ0) is 14.4. The van der Waals surface area contributed by atoms with Gasteiger partial charge in [-0.25, -0.2) is 9.78 Å². The second kappa shape index (κ2) is 7.31. The van der Waals surface area contributed by atoms with Crippen LogP contribution in [0.5, 0.6) is 0 Å². The second-order valence-corrected chi connectivity index (χ2v) is 5.21. The molecule has 1 aromatic heterocycles. The number of amides is 2. The molecule has 5 nitrogen and oxygen atoms in total. The van der Waals surface area contributed by atoms with Crippen LogP contribution in [0.15, 0.2) is 12.3 Å². The molecule has 0 bridgehead atoms. The smallest absolute Gasteiger partial charge is 0.319 e. The van der Waals surface area contributed by atoms with Gasteiger partial charge in [-0.3, -0.25) is 0 Å². The van der Waals surface area contributed by atoms with Gasteiger partial charge in [0.05, 0.1) is 18.0 Å². The number of rotatable bonds is 5. The number of aliphatic hydroxyl groups is 1. The van der Waals surface area contributed by atoms with Gasteiger partial charge in [-0.1, -0.05) is 18.5 Å². The number of hydrogen-bond donors (Lipinski definition) is 3. The van der Waals surface area contributed by atoms with Gasteiger partial charge in [0.2, 0.25) is 0 Å². The highest BCUT2D eigenvalue weighted by Crippen LogP contribution is 2.15. The van der Waals surface area contributed by atoms with Crippen LogP contribution >= 0.6 is 11.6 Å². The first kappa shape index (κ1) is 15.7. The van der Waals surface area contributed by atoms with Crippen molar-refractivity contribution in [2.24, 2.45) is 5.92 Å². The van der Waals surface area contributed by atoms with Crippen molar-refractivity contribution in [3.8, 4) is 0 Å². The van der Waals surface area contributed by atoms with Crippen molar-refractivity contribution in [3.05, 3.63) is 23.0 Å². The zero-order valence-electron chi connectivity index (χ0n) is 11.4. The third-order valence-electron chi connectivity index (χ3n) is 2.63. The highest BCUT2D eigenvalue weighted by molar-refractivity contribution is 6.30. The number of aryl methyl sites for hydroxylation is 1. The number of pyridine rings is 1. The lowest BCUT2D eigenvalue weighted by Gasteiger charge is -2.14. The van der Waals surface area contributed by atoms with E-state index in [0.29, 0.717) is 23.8 Å². The van der Waals surface area contributed by atoms with Crippen LogP contribution in [0.25, 0.3) is 0 Å². The first-order valence-electron chi connectivity index (χ1n) is 6.23. The first-order chi connectivity index (χ1) is 8.88.